The summed E-state index contributed by atoms with van der Waals surface area (Å²) in [5.74, 6) is 0.629. The second kappa shape index (κ2) is 7.15. The van der Waals surface area contributed by atoms with E-state index in [4.69, 9.17) is 9.47 Å². The van der Waals surface area contributed by atoms with Crippen molar-refractivity contribution in [2.24, 2.45) is 0 Å². The lowest BCUT2D eigenvalue weighted by Gasteiger charge is -2.35. The molecular formula is C18H28N4O3. The molecule has 7 heteroatoms. The number of hydrogen-bond acceptors (Lipinski definition) is 6. The molecule has 0 unspecified atom stereocenters. The SMILES string of the molecule is C[C@H]1Cc2cnc(NC3CCOCC3)nc2CN1C(=O)OC(C)(C)C. The molecule has 138 valence electrons. The molecule has 3 rings (SSSR count). The van der Waals surface area contributed by atoms with Gasteiger partial charge >= 0.3 is 6.09 Å². The lowest BCUT2D eigenvalue weighted by Crippen LogP contribution is -2.45. The second-order valence-electron chi connectivity index (χ2n) is 7.86. The van der Waals surface area contributed by atoms with Crippen molar-refractivity contribution in [1.82, 2.24) is 14.9 Å². The molecule has 0 bridgehead atoms. The molecule has 0 aliphatic carbocycles. The molecule has 25 heavy (non-hydrogen) atoms. The number of aromatic nitrogens is 2. The highest BCUT2D eigenvalue weighted by Gasteiger charge is 2.31. The zero-order valence-electron chi connectivity index (χ0n) is 15.5. The van der Waals surface area contributed by atoms with Crippen LogP contribution in [0.15, 0.2) is 6.20 Å². The number of ether oxygens (including phenoxy) is 2. The van der Waals surface area contributed by atoms with Crippen molar-refractivity contribution in [3.8, 4) is 0 Å². The minimum atomic E-state index is -0.501. The summed E-state index contributed by atoms with van der Waals surface area (Å²) >= 11 is 0. The highest BCUT2D eigenvalue weighted by molar-refractivity contribution is 5.69. The van der Waals surface area contributed by atoms with Crippen LogP contribution in [0.1, 0.15) is 51.8 Å². The van der Waals surface area contributed by atoms with E-state index < -0.39 is 5.60 Å². The molecule has 1 amide bonds. The highest BCUT2D eigenvalue weighted by atomic mass is 16.6. The number of hydrogen-bond donors (Lipinski definition) is 1. The first-order valence-corrected chi connectivity index (χ1v) is 9.00. The Hall–Kier alpha value is -1.89. The number of nitrogens with zero attached hydrogens (tertiary/aromatic N) is 3. The first-order chi connectivity index (χ1) is 11.8. The van der Waals surface area contributed by atoms with Gasteiger partial charge in [0.25, 0.3) is 0 Å². The zero-order chi connectivity index (χ0) is 18.0. The third-order valence-corrected chi connectivity index (χ3v) is 4.50. The first-order valence-electron chi connectivity index (χ1n) is 9.00. The first kappa shape index (κ1) is 17.9. The van der Waals surface area contributed by atoms with Crippen molar-refractivity contribution in [2.75, 3.05) is 18.5 Å². The maximum Gasteiger partial charge on any atom is 0.410 e. The smallest absolute Gasteiger partial charge is 0.410 e. The van der Waals surface area contributed by atoms with Gasteiger partial charge in [0.05, 0.1) is 12.2 Å². The average Bonchev–Trinajstić information content (AvgIpc) is 2.54. The summed E-state index contributed by atoms with van der Waals surface area (Å²) in [6.45, 7) is 9.67. The van der Waals surface area contributed by atoms with Crippen LogP contribution in [0.5, 0.6) is 0 Å². The topological polar surface area (TPSA) is 76.6 Å². The highest BCUT2D eigenvalue weighted by Crippen LogP contribution is 2.24. The molecule has 0 radical (unpaired) electrons. The van der Waals surface area contributed by atoms with Gasteiger partial charge in [0.1, 0.15) is 5.60 Å². The van der Waals surface area contributed by atoms with Crippen molar-refractivity contribution in [1.29, 1.82) is 0 Å². The maximum absolute atomic E-state index is 12.5. The summed E-state index contributed by atoms with van der Waals surface area (Å²) in [7, 11) is 0. The predicted molar refractivity (Wildman–Crippen MR) is 94.4 cm³/mol. The molecule has 2 aliphatic heterocycles. The fourth-order valence-corrected chi connectivity index (χ4v) is 3.15. The molecule has 1 N–H and O–H groups in total. The van der Waals surface area contributed by atoms with Gasteiger partial charge < -0.3 is 14.8 Å². The summed E-state index contributed by atoms with van der Waals surface area (Å²) < 4.78 is 10.9. The van der Waals surface area contributed by atoms with Gasteiger partial charge in [-0.15, -0.1) is 0 Å². The normalized spacial score (nSPS) is 21.6. The summed E-state index contributed by atoms with van der Waals surface area (Å²) in [5, 5.41) is 3.39. The Morgan fingerprint density at radius 2 is 2.08 bits per heavy atom. The Bertz CT molecular complexity index is 623. The molecule has 7 nitrogen and oxygen atoms in total. The second-order valence-corrected chi connectivity index (χ2v) is 7.86. The number of fused-ring (bicyclic) bond motifs is 1. The van der Waals surface area contributed by atoms with Gasteiger partial charge in [0.15, 0.2) is 0 Å². The number of nitrogens with one attached hydrogen (secondary N) is 1. The quantitative estimate of drug-likeness (QED) is 0.886. The van der Waals surface area contributed by atoms with E-state index in [1.807, 2.05) is 33.9 Å². The Labute approximate surface area is 149 Å². The molecule has 2 aliphatic rings. The minimum Gasteiger partial charge on any atom is -0.444 e. The Morgan fingerprint density at radius 1 is 1.36 bits per heavy atom. The number of amides is 1. The molecule has 1 fully saturated rings. The lowest BCUT2D eigenvalue weighted by atomic mass is 10.0. The van der Waals surface area contributed by atoms with Gasteiger partial charge in [-0.2, -0.15) is 0 Å². The van der Waals surface area contributed by atoms with Gasteiger partial charge in [-0.05, 0) is 52.5 Å². The summed E-state index contributed by atoms with van der Waals surface area (Å²) in [5.41, 5.74) is 1.50. The summed E-state index contributed by atoms with van der Waals surface area (Å²) in [6.07, 6.45) is 4.26. The molecule has 0 aromatic carbocycles. The summed E-state index contributed by atoms with van der Waals surface area (Å²) in [4.78, 5) is 23.3. The maximum atomic E-state index is 12.5. The molecule has 0 saturated carbocycles. The number of rotatable bonds is 2. The van der Waals surface area contributed by atoms with Crippen molar-refractivity contribution < 1.29 is 14.3 Å². The van der Waals surface area contributed by atoms with Crippen LogP contribution in [-0.2, 0) is 22.4 Å². The number of carbonyl (C=O) groups is 1. The van der Waals surface area contributed by atoms with Crippen LogP contribution in [0.25, 0.3) is 0 Å². The van der Waals surface area contributed by atoms with Gasteiger partial charge in [-0.3, -0.25) is 4.90 Å². The fraction of sp³-hybridized carbons (Fsp3) is 0.722. The van der Waals surface area contributed by atoms with Gasteiger partial charge in [-0.25, -0.2) is 14.8 Å². The Kier molecular flexibility index (Phi) is 5.13. The predicted octanol–water partition coefficient (Wildman–Crippen LogP) is 2.75. The number of anilines is 1. The molecule has 1 aromatic heterocycles. The molecule has 1 aromatic rings. The van der Waals surface area contributed by atoms with Crippen molar-refractivity contribution in [2.45, 2.75) is 71.2 Å². The molecule has 0 spiro atoms. The zero-order valence-corrected chi connectivity index (χ0v) is 15.5. The average molecular weight is 348 g/mol. The van der Waals surface area contributed by atoms with E-state index in [0.717, 1.165) is 43.7 Å². The van der Waals surface area contributed by atoms with Gasteiger partial charge in [-0.1, -0.05) is 0 Å². The van der Waals surface area contributed by atoms with Crippen molar-refractivity contribution in [3.05, 3.63) is 17.5 Å². The van der Waals surface area contributed by atoms with Crippen LogP contribution in [0.2, 0.25) is 0 Å². The minimum absolute atomic E-state index is 0.0697. The molecule has 1 atom stereocenters. The number of carbonyl (C=O) groups excluding carboxylic acids is 1. The van der Waals surface area contributed by atoms with E-state index in [2.05, 4.69) is 15.3 Å². The third-order valence-electron chi connectivity index (χ3n) is 4.50. The third kappa shape index (κ3) is 4.60. The Morgan fingerprint density at radius 3 is 2.76 bits per heavy atom. The van der Waals surface area contributed by atoms with E-state index >= 15 is 0 Å². The van der Waals surface area contributed by atoms with Crippen LogP contribution in [-0.4, -0.2) is 51.9 Å². The van der Waals surface area contributed by atoms with E-state index in [1.165, 1.54) is 0 Å². The Balaban J connectivity index is 1.71. The van der Waals surface area contributed by atoms with Gasteiger partial charge in [0.2, 0.25) is 5.95 Å². The van der Waals surface area contributed by atoms with Crippen LogP contribution in [0.4, 0.5) is 10.7 Å². The van der Waals surface area contributed by atoms with Crippen LogP contribution < -0.4 is 5.32 Å². The van der Waals surface area contributed by atoms with Gasteiger partial charge in [0, 0.05) is 31.5 Å². The monoisotopic (exact) mass is 348 g/mol. The van der Waals surface area contributed by atoms with Crippen LogP contribution >= 0.6 is 0 Å². The van der Waals surface area contributed by atoms with E-state index in [-0.39, 0.29) is 12.1 Å². The van der Waals surface area contributed by atoms with E-state index in [1.54, 1.807) is 4.90 Å². The van der Waals surface area contributed by atoms with Crippen molar-refractivity contribution >= 4 is 12.0 Å². The van der Waals surface area contributed by atoms with Crippen molar-refractivity contribution in [3.63, 3.8) is 0 Å². The largest absolute Gasteiger partial charge is 0.444 e. The van der Waals surface area contributed by atoms with E-state index in [9.17, 15) is 4.79 Å². The van der Waals surface area contributed by atoms with E-state index in [0.29, 0.717) is 18.5 Å². The summed E-state index contributed by atoms with van der Waals surface area (Å²) in [6, 6.07) is 0.413. The van der Waals surface area contributed by atoms with Crippen LogP contribution in [0.3, 0.4) is 0 Å². The van der Waals surface area contributed by atoms with Crippen LogP contribution in [0, 0.1) is 0 Å². The molecule has 3 heterocycles. The fourth-order valence-electron chi connectivity index (χ4n) is 3.15. The lowest BCUT2D eigenvalue weighted by molar-refractivity contribution is 0.0134. The molecule has 1 saturated heterocycles. The molecular weight excluding hydrogens is 320 g/mol. The standard InChI is InChI=1S/C18H28N4O3/c1-12-9-13-10-19-16(20-14-5-7-24-8-6-14)21-15(13)11-22(12)17(23)25-18(2,3)4/h10,12,14H,5-9,11H2,1-4H3,(H,19,20,21)/t12-/m0/s1.